The number of thiophene rings is 1. The minimum atomic E-state index is -0.443. The van der Waals surface area contributed by atoms with Crippen LogP contribution in [0, 0.1) is 0 Å². The van der Waals surface area contributed by atoms with Crippen LogP contribution in [-0.4, -0.2) is 47.9 Å². The molecule has 10 heteroatoms. The molecule has 0 radical (unpaired) electrons. The highest BCUT2D eigenvalue weighted by molar-refractivity contribution is 7.13. The molecule has 2 aliphatic heterocycles. The number of fused-ring (bicyclic) bond motifs is 2. The van der Waals surface area contributed by atoms with Crippen LogP contribution in [0.4, 0.5) is 5.69 Å². The lowest BCUT2D eigenvalue weighted by Gasteiger charge is -2.27. The lowest BCUT2D eigenvalue weighted by Crippen LogP contribution is -2.42. The summed E-state index contributed by atoms with van der Waals surface area (Å²) in [7, 11) is 0. The van der Waals surface area contributed by atoms with Crippen molar-refractivity contribution < 1.29 is 9.59 Å². The largest absolute Gasteiger partial charge is 0.398 e. The van der Waals surface area contributed by atoms with Crippen LogP contribution >= 0.6 is 36.2 Å². The molecule has 4 heterocycles. The number of aromatic amines is 1. The topological polar surface area (TPSA) is 103 Å². The van der Waals surface area contributed by atoms with E-state index in [-0.39, 0.29) is 30.4 Å². The van der Waals surface area contributed by atoms with Crippen molar-refractivity contribution in [2.45, 2.75) is 6.54 Å². The predicted octanol–water partition coefficient (Wildman–Crippen LogP) is 4.28. The number of hydrogen-bond donors (Lipinski definition) is 4. The number of amides is 2. The Labute approximate surface area is 218 Å². The molecule has 5 N–H and O–H groups in total. The van der Waals surface area contributed by atoms with Crippen LogP contribution in [0.5, 0.6) is 0 Å². The number of nitrogens with one attached hydrogen (secondary N) is 3. The molecule has 2 aromatic heterocycles. The number of benzene rings is 2. The van der Waals surface area contributed by atoms with E-state index < -0.39 is 11.8 Å². The molecule has 0 saturated carbocycles. The Balaban J connectivity index is 0.00000144. The lowest BCUT2D eigenvalue weighted by molar-refractivity contribution is 0.0880. The van der Waals surface area contributed by atoms with Gasteiger partial charge >= 0.3 is 0 Å². The molecule has 7 nitrogen and oxygen atoms in total. The molecule has 2 aliphatic rings. The van der Waals surface area contributed by atoms with Crippen LogP contribution in [0.1, 0.15) is 26.3 Å². The molecule has 6 rings (SSSR count). The number of rotatable bonds is 4. The van der Waals surface area contributed by atoms with Gasteiger partial charge in [-0.1, -0.05) is 12.1 Å². The first-order valence-electron chi connectivity index (χ1n) is 11.0. The lowest BCUT2D eigenvalue weighted by atomic mass is 9.94. The van der Waals surface area contributed by atoms with Crippen molar-refractivity contribution >= 4 is 64.6 Å². The van der Waals surface area contributed by atoms with Gasteiger partial charge in [0.15, 0.2) is 0 Å². The van der Waals surface area contributed by atoms with Gasteiger partial charge in [-0.3, -0.25) is 19.8 Å². The Kier molecular flexibility index (Phi) is 7.21. The van der Waals surface area contributed by atoms with Crippen molar-refractivity contribution in [3.8, 4) is 21.7 Å². The number of aromatic nitrogens is 1. The molecule has 1 fully saturated rings. The number of carbonyl (C=O) groups excluding carboxylic acids is 2. The maximum atomic E-state index is 12.7. The molecule has 4 aromatic rings. The summed E-state index contributed by atoms with van der Waals surface area (Å²) in [4.78, 5) is 32.1. The molecule has 0 atom stereocenters. The van der Waals surface area contributed by atoms with E-state index in [1.54, 1.807) is 11.3 Å². The zero-order valence-corrected chi connectivity index (χ0v) is 21.2. The van der Waals surface area contributed by atoms with Gasteiger partial charge in [-0.25, -0.2) is 0 Å². The van der Waals surface area contributed by atoms with Gasteiger partial charge in [0.2, 0.25) is 0 Å². The van der Waals surface area contributed by atoms with Crippen LogP contribution < -0.4 is 16.4 Å². The molecule has 1 saturated heterocycles. The van der Waals surface area contributed by atoms with Gasteiger partial charge in [0.25, 0.3) is 11.8 Å². The first-order valence-corrected chi connectivity index (χ1v) is 11.9. The highest BCUT2D eigenvalue weighted by atomic mass is 35.5. The molecular formula is C25H25Cl2N5O2S. The van der Waals surface area contributed by atoms with Crippen molar-refractivity contribution in [2.75, 3.05) is 31.9 Å². The van der Waals surface area contributed by atoms with Gasteiger partial charge in [-0.05, 0) is 41.3 Å². The van der Waals surface area contributed by atoms with Crippen molar-refractivity contribution in [1.82, 2.24) is 20.5 Å². The number of nitrogens with zero attached hydrogens (tertiary/aromatic N) is 1. The van der Waals surface area contributed by atoms with Crippen molar-refractivity contribution in [1.29, 1.82) is 0 Å². The monoisotopic (exact) mass is 529 g/mol. The number of carbonyl (C=O) groups is 2. The average molecular weight is 530 g/mol. The first-order chi connectivity index (χ1) is 16.1. The number of nitrogen functional groups attached to an aromatic ring is 1. The van der Waals surface area contributed by atoms with E-state index in [0.717, 1.165) is 59.8 Å². The van der Waals surface area contributed by atoms with Crippen LogP contribution in [-0.2, 0) is 6.54 Å². The molecule has 0 spiro atoms. The second-order valence-electron chi connectivity index (χ2n) is 8.53. The third-order valence-electron chi connectivity index (χ3n) is 6.43. The first kappa shape index (κ1) is 25.2. The Morgan fingerprint density at radius 2 is 1.71 bits per heavy atom. The van der Waals surface area contributed by atoms with Crippen molar-refractivity contribution in [3.63, 3.8) is 0 Å². The van der Waals surface area contributed by atoms with Gasteiger partial charge in [0.1, 0.15) is 0 Å². The normalized spacial score (nSPS) is 15.4. The maximum Gasteiger partial charge on any atom is 0.261 e. The van der Waals surface area contributed by atoms with E-state index in [1.165, 1.54) is 5.56 Å². The summed E-state index contributed by atoms with van der Waals surface area (Å²) in [6.07, 6.45) is 0. The standard InChI is InChI=1S/C25H23N5O2S.2ClH/c26-23-17(20-2-1-9-33-20)12-16(21-22(23)25(32)29-24(21)31)19-11-15-10-14(3-4-18(15)28-19)13-30-7-5-27-6-8-30;;/h1-4,9-12,27-28H,5-8,13,26H2,(H,29,31,32);2*1H. The molecule has 182 valence electrons. The average Bonchev–Trinajstić information content (AvgIpc) is 3.54. The summed E-state index contributed by atoms with van der Waals surface area (Å²) < 4.78 is 0. The van der Waals surface area contributed by atoms with Crippen molar-refractivity contribution in [2.24, 2.45) is 0 Å². The number of halogens is 2. The number of anilines is 1. The van der Waals surface area contributed by atoms with Crippen LogP contribution in [0.2, 0.25) is 0 Å². The zero-order valence-electron chi connectivity index (χ0n) is 18.7. The molecular weight excluding hydrogens is 505 g/mol. The Hall–Kier alpha value is -2.88. The molecule has 2 amide bonds. The fraction of sp³-hybridized carbons (Fsp3) is 0.200. The molecule has 0 aliphatic carbocycles. The van der Waals surface area contributed by atoms with E-state index in [4.69, 9.17) is 5.73 Å². The SMILES string of the molecule is Cl.Cl.Nc1c(-c2cccs2)cc(-c2cc3cc(CN4CCNCC4)ccc3[nH]2)c2c1C(=O)NC2=O. The number of hydrogen-bond acceptors (Lipinski definition) is 6. The summed E-state index contributed by atoms with van der Waals surface area (Å²) in [5, 5.41) is 8.84. The highest BCUT2D eigenvalue weighted by Gasteiger charge is 2.34. The highest BCUT2D eigenvalue weighted by Crippen LogP contribution is 2.41. The van der Waals surface area contributed by atoms with Gasteiger partial charge in [-0.15, -0.1) is 36.2 Å². The third-order valence-corrected chi connectivity index (χ3v) is 7.33. The van der Waals surface area contributed by atoms with Gasteiger partial charge in [0.05, 0.1) is 16.8 Å². The third kappa shape index (κ3) is 4.44. The van der Waals surface area contributed by atoms with Crippen LogP contribution in [0.3, 0.4) is 0 Å². The van der Waals surface area contributed by atoms with Gasteiger partial charge in [0, 0.05) is 65.3 Å². The molecule has 0 unspecified atom stereocenters. The number of piperazine rings is 1. The quantitative estimate of drug-likeness (QED) is 0.233. The number of nitrogens with two attached hydrogens (primary N) is 1. The number of H-pyrrole nitrogens is 1. The van der Waals surface area contributed by atoms with Gasteiger partial charge in [-0.2, -0.15) is 0 Å². The Morgan fingerprint density at radius 3 is 2.46 bits per heavy atom. The van der Waals surface area contributed by atoms with E-state index in [9.17, 15) is 9.59 Å². The summed E-state index contributed by atoms with van der Waals surface area (Å²) in [5.41, 5.74) is 11.8. The summed E-state index contributed by atoms with van der Waals surface area (Å²) in [6, 6.07) is 14.3. The predicted molar refractivity (Wildman–Crippen MR) is 146 cm³/mol. The van der Waals surface area contributed by atoms with Crippen LogP contribution in [0.25, 0.3) is 32.6 Å². The van der Waals surface area contributed by atoms with E-state index in [2.05, 4.69) is 44.8 Å². The maximum absolute atomic E-state index is 12.7. The minimum Gasteiger partial charge on any atom is -0.398 e. The van der Waals surface area contributed by atoms with E-state index in [1.807, 2.05) is 23.6 Å². The molecule has 35 heavy (non-hydrogen) atoms. The Bertz CT molecular complexity index is 1410. The smallest absolute Gasteiger partial charge is 0.261 e. The fourth-order valence-corrected chi connectivity index (χ4v) is 5.56. The second kappa shape index (κ2) is 10.0. The van der Waals surface area contributed by atoms with E-state index >= 15 is 0 Å². The zero-order chi connectivity index (χ0) is 22.5. The summed E-state index contributed by atoms with van der Waals surface area (Å²) in [5.74, 6) is -0.853. The van der Waals surface area contributed by atoms with E-state index in [0.29, 0.717) is 16.8 Å². The van der Waals surface area contributed by atoms with Gasteiger partial charge < -0.3 is 16.0 Å². The van der Waals surface area contributed by atoms with Crippen molar-refractivity contribution in [3.05, 3.63) is 64.5 Å². The Morgan fingerprint density at radius 1 is 0.943 bits per heavy atom. The summed E-state index contributed by atoms with van der Waals surface area (Å²) in [6.45, 7) is 5.04. The fourth-order valence-electron chi connectivity index (χ4n) is 4.80. The second-order valence-corrected chi connectivity index (χ2v) is 9.47. The number of imide groups is 1. The molecule has 2 aromatic carbocycles. The van der Waals surface area contributed by atoms with Crippen LogP contribution in [0.15, 0.2) is 47.8 Å². The minimum absolute atomic E-state index is 0. The summed E-state index contributed by atoms with van der Waals surface area (Å²) >= 11 is 1.55. The molecule has 0 bridgehead atoms.